The van der Waals surface area contributed by atoms with Gasteiger partial charge in [-0.1, -0.05) is 24.3 Å². The average molecular weight is 581 g/mol. The van der Waals surface area contributed by atoms with Crippen molar-refractivity contribution in [2.24, 2.45) is 0 Å². The number of ether oxygens (including phenoxy) is 5. The first kappa shape index (κ1) is 31.0. The van der Waals surface area contributed by atoms with Crippen LogP contribution in [0.5, 0.6) is 23.0 Å². The highest BCUT2D eigenvalue weighted by Gasteiger charge is 2.50. The van der Waals surface area contributed by atoms with E-state index >= 15 is 0 Å². The van der Waals surface area contributed by atoms with Gasteiger partial charge in [-0.2, -0.15) is 0 Å². The number of phenolic OH excluding ortho intramolecular Hbond substituents is 2. The maximum atomic E-state index is 10.8. The summed E-state index contributed by atoms with van der Waals surface area (Å²) in [7, 11) is 1.57. The third kappa shape index (κ3) is 6.92. The van der Waals surface area contributed by atoms with Crippen molar-refractivity contribution in [3.8, 4) is 23.0 Å². The molecular weight excluding hydrogens is 544 g/mol. The average Bonchev–Trinajstić information content (AvgIpc) is 2.95. The van der Waals surface area contributed by atoms with Crippen molar-refractivity contribution < 1.29 is 64.5 Å². The maximum absolute atomic E-state index is 10.8. The zero-order valence-corrected chi connectivity index (χ0v) is 22.4. The monoisotopic (exact) mass is 580 g/mol. The maximum Gasteiger partial charge on any atom is 0.229 e. The lowest BCUT2D eigenvalue weighted by molar-refractivity contribution is -0.354. The Balaban J connectivity index is 1.50. The van der Waals surface area contributed by atoms with Gasteiger partial charge < -0.3 is 64.5 Å². The number of hydrogen-bond donors (Lipinski definition) is 8. The van der Waals surface area contributed by atoms with Gasteiger partial charge >= 0.3 is 0 Å². The summed E-state index contributed by atoms with van der Waals surface area (Å²) in [5.41, 5.74) is 1.09. The highest BCUT2D eigenvalue weighted by Crippen LogP contribution is 2.36. The summed E-state index contributed by atoms with van der Waals surface area (Å²) in [6, 6.07) is 9.71. The van der Waals surface area contributed by atoms with Gasteiger partial charge in [-0.15, -0.1) is 0 Å². The number of aromatic hydroxyl groups is 2. The van der Waals surface area contributed by atoms with Gasteiger partial charge in [-0.3, -0.25) is 0 Å². The quantitative estimate of drug-likeness (QED) is 0.187. The molecule has 2 aliphatic heterocycles. The molecule has 41 heavy (non-hydrogen) atoms. The molecule has 0 spiro atoms. The second kappa shape index (κ2) is 13.3. The first-order valence-electron chi connectivity index (χ1n) is 13.0. The lowest BCUT2D eigenvalue weighted by Gasteiger charge is -2.45. The van der Waals surface area contributed by atoms with Crippen LogP contribution in [0.25, 0.3) is 6.08 Å². The van der Waals surface area contributed by atoms with Gasteiger partial charge in [-0.25, -0.2) is 0 Å². The number of methoxy groups -OCH3 is 1. The number of allylic oxidation sites excluding steroid dienone is 1. The zero-order valence-electron chi connectivity index (χ0n) is 22.4. The Kier molecular flexibility index (Phi) is 10.1. The van der Waals surface area contributed by atoms with Crippen LogP contribution in [-0.2, 0) is 20.6 Å². The van der Waals surface area contributed by atoms with Gasteiger partial charge in [0.2, 0.25) is 6.29 Å². The SMILES string of the molecule is COc1ccc(/C=C/Cc2c(O)cc(O[C@@H]3OC(CO)[C@@H](O)[C@@H](O)C3O[C@@H]3OC(C)[C@H](O)[C@H](O)C3O)cc2O)cc1. The molecule has 4 unspecified atom stereocenters. The number of aliphatic hydroxyl groups excluding tert-OH is 6. The lowest BCUT2D eigenvalue weighted by atomic mass is 9.97. The lowest BCUT2D eigenvalue weighted by Crippen LogP contribution is -2.64. The molecule has 2 heterocycles. The smallest absolute Gasteiger partial charge is 0.229 e. The minimum Gasteiger partial charge on any atom is -0.507 e. The van der Waals surface area contributed by atoms with Crippen LogP contribution in [0.1, 0.15) is 18.1 Å². The van der Waals surface area contributed by atoms with Gasteiger partial charge in [0, 0.05) is 17.7 Å². The third-order valence-corrected chi connectivity index (χ3v) is 7.10. The topological polar surface area (TPSA) is 208 Å². The van der Waals surface area contributed by atoms with Crippen molar-refractivity contribution in [1.29, 1.82) is 0 Å². The molecule has 2 aromatic carbocycles. The van der Waals surface area contributed by atoms with Gasteiger partial charge in [0.05, 0.1) is 19.8 Å². The summed E-state index contributed by atoms with van der Waals surface area (Å²) in [5.74, 6) is 0.00637. The Bertz CT molecular complexity index is 1150. The van der Waals surface area contributed by atoms with Crippen LogP contribution in [0, 0.1) is 0 Å². The molecule has 13 heteroatoms. The van der Waals surface area contributed by atoms with Gasteiger partial charge in [0.1, 0.15) is 59.6 Å². The molecule has 0 radical (unpaired) electrons. The zero-order chi connectivity index (χ0) is 29.8. The number of benzene rings is 2. The fourth-order valence-corrected chi connectivity index (χ4v) is 4.63. The van der Waals surface area contributed by atoms with Crippen molar-refractivity contribution >= 4 is 6.08 Å². The molecule has 0 aromatic heterocycles. The van der Waals surface area contributed by atoms with Crippen molar-refractivity contribution in [3.05, 3.63) is 53.6 Å². The Morgan fingerprint density at radius 3 is 2.07 bits per heavy atom. The van der Waals surface area contributed by atoms with Crippen molar-refractivity contribution in [1.82, 2.24) is 0 Å². The van der Waals surface area contributed by atoms with E-state index in [0.717, 1.165) is 5.56 Å². The summed E-state index contributed by atoms with van der Waals surface area (Å²) in [5, 5.41) is 82.4. The Labute approximate surface area is 236 Å². The molecule has 226 valence electrons. The summed E-state index contributed by atoms with van der Waals surface area (Å²) in [6.07, 6.45) is -11.2. The Morgan fingerprint density at radius 2 is 1.46 bits per heavy atom. The highest BCUT2D eigenvalue weighted by atomic mass is 16.8. The number of phenols is 2. The second-order valence-electron chi connectivity index (χ2n) is 9.93. The predicted octanol–water partition coefficient (Wildman–Crippen LogP) is -0.607. The number of aliphatic hydroxyl groups is 6. The molecule has 10 atom stereocenters. The molecule has 0 bridgehead atoms. The summed E-state index contributed by atoms with van der Waals surface area (Å²) < 4.78 is 27.6. The van der Waals surface area contributed by atoms with Crippen molar-refractivity contribution in [2.75, 3.05) is 13.7 Å². The van der Waals surface area contributed by atoms with Crippen molar-refractivity contribution in [3.63, 3.8) is 0 Å². The normalized spacial score (nSPS) is 34.0. The summed E-state index contributed by atoms with van der Waals surface area (Å²) in [4.78, 5) is 0. The van der Waals surface area contributed by atoms with Crippen LogP contribution in [0.3, 0.4) is 0 Å². The van der Waals surface area contributed by atoms with Crippen LogP contribution >= 0.6 is 0 Å². The Morgan fingerprint density at radius 1 is 0.805 bits per heavy atom. The molecule has 8 N–H and O–H groups in total. The molecule has 2 saturated heterocycles. The van der Waals surface area contributed by atoms with Crippen LogP contribution < -0.4 is 9.47 Å². The van der Waals surface area contributed by atoms with Crippen LogP contribution in [0.2, 0.25) is 0 Å². The van der Waals surface area contributed by atoms with E-state index in [0.29, 0.717) is 5.75 Å². The summed E-state index contributed by atoms with van der Waals surface area (Å²) >= 11 is 0. The van der Waals surface area contributed by atoms with Gasteiger partial charge in [0.15, 0.2) is 12.4 Å². The van der Waals surface area contributed by atoms with Gasteiger partial charge in [0.25, 0.3) is 0 Å². The molecule has 2 fully saturated rings. The fraction of sp³-hybridized carbons (Fsp3) is 0.500. The molecule has 2 aliphatic rings. The minimum absolute atomic E-state index is 0.101. The standard InChI is InChI=1S/C28H36O13/c1-13-21(32)23(34)25(36)27(38-13)41-26-24(35)22(33)20(12-29)40-28(26)39-16-10-18(30)17(19(31)11-16)5-3-4-14-6-8-15(37-2)9-7-14/h3-4,6-11,13,20-36H,5,12H2,1-2H3/b4-3+/t13?,20?,21-,22+,23-,24+,25?,26?,27-,28+/m0/s1. The van der Waals surface area contributed by atoms with E-state index in [1.165, 1.54) is 19.1 Å². The van der Waals surface area contributed by atoms with E-state index in [1.807, 2.05) is 12.1 Å². The highest BCUT2D eigenvalue weighted by molar-refractivity contribution is 5.54. The number of rotatable bonds is 9. The molecular formula is C28H36O13. The van der Waals surface area contributed by atoms with E-state index in [4.69, 9.17) is 23.7 Å². The second-order valence-corrected chi connectivity index (χ2v) is 9.93. The molecule has 0 amide bonds. The van der Waals surface area contributed by atoms with E-state index in [9.17, 15) is 40.9 Å². The van der Waals surface area contributed by atoms with Crippen LogP contribution in [0.15, 0.2) is 42.5 Å². The van der Waals surface area contributed by atoms with E-state index in [2.05, 4.69) is 0 Å². The molecule has 13 nitrogen and oxygen atoms in total. The first-order chi connectivity index (χ1) is 19.5. The molecule has 0 saturated carbocycles. The first-order valence-corrected chi connectivity index (χ1v) is 13.0. The number of hydrogen-bond acceptors (Lipinski definition) is 13. The molecule has 2 aromatic rings. The molecule has 0 aliphatic carbocycles. The summed E-state index contributed by atoms with van der Waals surface area (Å²) in [6.45, 7) is 0.749. The van der Waals surface area contributed by atoms with E-state index in [1.54, 1.807) is 31.4 Å². The largest absolute Gasteiger partial charge is 0.507 e. The Hall–Kier alpha value is -2.98. The fourth-order valence-electron chi connectivity index (χ4n) is 4.63. The van der Waals surface area contributed by atoms with E-state index in [-0.39, 0.29) is 29.2 Å². The minimum atomic E-state index is -1.72. The van der Waals surface area contributed by atoms with E-state index < -0.39 is 68.0 Å². The predicted molar refractivity (Wildman–Crippen MR) is 141 cm³/mol. The van der Waals surface area contributed by atoms with Crippen molar-refractivity contribution in [2.45, 2.75) is 74.8 Å². The van der Waals surface area contributed by atoms with Gasteiger partial charge in [-0.05, 0) is 31.0 Å². The van der Waals surface area contributed by atoms with Crippen LogP contribution in [-0.4, -0.2) is 116 Å². The third-order valence-electron chi connectivity index (χ3n) is 7.10. The van der Waals surface area contributed by atoms with Crippen LogP contribution in [0.4, 0.5) is 0 Å². The molecule has 4 rings (SSSR count).